The number of benzene rings is 2. The summed E-state index contributed by atoms with van der Waals surface area (Å²) in [5.74, 6) is 0.512. The Morgan fingerprint density at radius 2 is 1.27 bits per heavy atom. The molecule has 2 aliphatic rings. The van der Waals surface area contributed by atoms with Crippen LogP contribution in [0.15, 0.2) is 53.8 Å². The minimum atomic E-state index is -0.252. The number of pyridine rings is 2. The topological polar surface area (TPSA) is 99.7 Å². The van der Waals surface area contributed by atoms with Crippen LogP contribution in [0.3, 0.4) is 0 Å². The van der Waals surface area contributed by atoms with Crippen LogP contribution in [0.4, 0.5) is 20.2 Å². The summed E-state index contributed by atoms with van der Waals surface area (Å²) in [6.45, 7) is 0. The highest BCUT2D eigenvalue weighted by atomic mass is 19.1. The van der Waals surface area contributed by atoms with Crippen molar-refractivity contribution in [1.29, 1.82) is 0 Å². The van der Waals surface area contributed by atoms with Crippen LogP contribution < -0.4 is 15.2 Å². The second kappa shape index (κ2) is 11.6. The predicted molar refractivity (Wildman–Crippen MR) is 149 cm³/mol. The number of methoxy groups -OCH3 is 2. The lowest BCUT2D eigenvalue weighted by molar-refractivity contribution is 0.398. The minimum Gasteiger partial charge on any atom is -0.481 e. The Morgan fingerprint density at radius 3 is 1.85 bits per heavy atom. The van der Waals surface area contributed by atoms with E-state index in [1.807, 2.05) is 6.07 Å². The molecule has 7 nitrogen and oxygen atoms in total. The van der Waals surface area contributed by atoms with Gasteiger partial charge < -0.3 is 15.2 Å². The van der Waals surface area contributed by atoms with Crippen molar-refractivity contribution in [2.24, 2.45) is 4.99 Å². The third-order valence-electron chi connectivity index (χ3n) is 7.38. The van der Waals surface area contributed by atoms with Gasteiger partial charge in [-0.3, -0.25) is 0 Å². The summed E-state index contributed by atoms with van der Waals surface area (Å²) in [6, 6.07) is 9.97. The van der Waals surface area contributed by atoms with Crippen molar-refractivity contribution in [2.75, 3.05) is 20.0 Å². The van der Waals surface area contributed by atoms with Crippen molar-refractivity contribution in [2.45, 2.75) is 38.5 Å². The van der Waals surface area contributed by atoms with E-state index < -0.39 is 0 Å². The minimum absolute atomic E-state index is 0.160. The molecule has 2 aromatic carbocycles. The molecular formula is C31H28F2N4O3. The van der Waals surface area contributed by atoms with Crippen LogP contribution in [-0.4, -0.2) is 30.3 Å². The molecule has 2 aromatic heterocycles. The normalized spacial score (nSPS) is 13.0. The zero-order valence-electron chi connectivity index (χ0n) is 22.3. The molecule has 0 unspecified atom stereocenters. The van der Waals surface area contributed by atoms with E-state index in [-0.39, 0.29) is 11.6 Å². The number of rotatable bonds is 5. The summed E-state index contributed by atoms with van der Waals surface area (Å²) in [6.07, 6.45) is 9.68. The molecule has 0 saturated carbocycles. The Labute approximate surface area is 230 Å². The fourth-order valence-electron chi connectivity index (χ4n) is 5.48. The van der Waals surface area contributed by atoms with Crippen molar-refractivity contribution in [3.05, 3.63) is 82.7 Å². The highest BCUT2D eigenvalue weighted by Gasteiger charge is 2.23. The molecule has 0 spiro atoms. The van der Waals surface area contributed by atoms with Crippen LogP contribution in [0.1, 0.15) is 35.1 Å². The molecule has 4 aromatic rings. The number of nitrogens with zero attached hydrogens (tertiary/aromatic N) is 3. The highest BCUT2D eigenvalue weighted by molar-refractivity contribution is 5.82. The monoisotopic (exact) mass is 542 g/mol. The number of ether oxygens (including phenoxy) is 2. The number of halogens is 2. The van der Waals surface area contributed by atoms with E-state index in [1.165, 1.54) is 19.2 Å². The first-order chi connectivity index (χ1) is 19.4. The lowest BCUT2D eigenvalue weighted by Gasteiger charge is -2.12. The van der Waals surface area contributed by atoms with Gasteiger partial charge in [0.05, 0.1) is 19.9 Å². The molecule has 0 fully saturated rings. The van der Waals surface area contributed by atoms with E-state index in [2.05, 4.69) is 15.0 Å². The summed E-state index contributed by atoms with van der Waals surface area (Å²) >= 11 is 0. The zero-order valence-corrected chi connectivity index (χ0v) is 22.3. The number of hydrogen-bond donors (Lipinski definition) is 1. The quantitative estimate of drug-likeness (QED) is 0.180. The molecule has 204 valence electrons. The summed E-state index contributed by atoms with van der Waals surface area (Å²) in [5, 5.41) is 0. The van der Waals surface area contributed by atoms with E-state index in [9.17, 15) is 13.6 Å². The lowest BCUT2D eigenvalue weighted by Crippen LogP contribution is -2.00. The standard InChI is InChI=1S/C16H13FN2O2.C15H15FN2O/c1-21-15-7-10(5-6-18-15)13-8-14(17)11-3-2-4-12(11)16(13)19-9-20;1-19-14-7-9(5-6-18-14)12-8-13(16)10-3-2-4-11(10)15(12)17/h5-8H,2-4H2,1H3;5-8H,2-4,17H2,1H3. The van der Waals surface area contributed by atoms with Gasteiger partial charge >= 0.3 is 0 Å². The maximum absolute atomic E-state index is 14.3. The summed E-state index contributed by atoms with van der Waals surface area (Å²) in [7, 11) is 3.07. The summed E-state index contributed by atoms with van der Waals surface area (Å²) in [4.78, 5) is 22.6. The average Bonchev–Trinajstić information content (AvgIpc) is 3.68. The van der Waals surface area contributed by atoms with E-state index in [4.69, 9.17) is 15.2 Å². The predicted octanol–water partition coefficient (Wildman–Crippen LogP) is 6.32. The molecule has 9 heteroatoms. The first kappa shape index (κ1) is 27.0. The van der Waals surface area contributed by atoms with Gasteiger partial charge in [0.25, 0.3) is 0 Å². The molecule has 2 aliphatic carbocycles. The second-order valence-electron chi connectivity index (χ2n) is 9.57. The maximum Gasteiger partial charge on any atom is 0.240 e. The first-order valence-electron chi connectivity index (χ1n) is 13.0. The lowest BCUT2D eigenvalue weighted by atomic mass is 9.97. The molecule has 0 aliphatic heterocycles. The molecule has 0 radical (unpaired) electrons. The molecule has 6 rings (SSSR count). The molecule has 0 bridgehead atoms. The van der Waals surface area contributed by atoms with E-state index in [1.54, 1.807) is 43.8 Å². The zero-order chi connectivity index (χ0) is 28.2. The highest BCUT2D eigenvalue weighted by Crippen LogP contribution is 2.41. The molecule has 40 heavy (non-hydrogen) atoms. The molecule has 0 saturated heterocycles. The van der Waals surface area contributed by atoms with Gasteiger partial charge in [-0.05, 0) is 96.2 Å². The molecule has 2 heterocycles. The van der Waals surface area contributed by atoms with Crippen molar-refractivity contribution in [3.8, 4) is 34.0 Å². The average molecular weight is 543 g/mol. The number of hydrogen-bond acceptors (Lipinski definition) is 7. The van der Waals surface area contributed by atoms with Crippen LogP contribution in [0.25, 0.3) is 22.3 Å². The summed E-state index contributed by atoms with van der Waals surface area (Å²) < 4.78 is 38.5. The second-order valence-corrected chi connectivity index (χ2v) is 9.57. The number of anilines is 1. The Morgan fingerprint density at radius 1 is 0.775 bits per heavy atom. The fourth-order valence-corrected chi connectivity index (χ4v) is 5.48. The van der Waals surface area contributed by atoms with Gasteiger partial charge in [0.2, 0.25) is 17.8 Å². The van der Waals surface area contributed by atoms with Crippen molar-refractivity contribution < 1.29 is 23.0 Å². The van der Waals surface area contributed by atoms with Crippen LogP contribution in [0.5, 0.6) is 11.8 Å². The van der Waals surface area contributed by atoms with Gasteiger partial charge in [0.15, 0.2) is 0 Å². The van der Waals surface area contributed by atoms with E-state index in [0.29, 0.717) is 46.2 Å². The van der Waals surface area contributed by atoms with Crippen molar-refractivity contribution in [1.82, 2.24) is 9.97 Å². The molecular weight excluding hydrogens is 514 g/mol. The third kappa shape index (κ3) is 5.16. The Kier molecular flexibility index (Phi) is 7.84. The van der Waals surface area contributed by atoms with E-state index in [0.717, 1.165) is 59.9 Å². The number of nitrogens with two attached hydrogens (primary N) is 1. The van der Waals surface area contributed by atoms with Gasteiger partial charge in [0.1, 0.15) is 11.6 Å². The Hall–Kier alpha value is -4.62. The number of carbonyl (C=O) groups excluding carboxylic acids is 1. The smallest absolute Gasteiger partial charge is 0.240 e. The summed E-state index contributed by atoms with van der Waals surface area (Å²) in [5.41, 5.74) is 13.4. The molecule has 0 atom stereocenters. The van der Waals surface area contributed by atoms with Gasteiger partial charge in [-0.25, -0.2) is 23.5 Å². The van der Waals surface area contributed by atoms with Crippen LogP contribution >= 0.6 is 0 Å². The molecule has 2 N–H and O–H groups in total. The first-order valence-corrected chi connectivity index (χ1v) is 13.0. The van der Waals surface area contributed by atoms with E-state index >= 15 is 0 Å². The Bertz CT molecular complexity index is 1630. The number of nitrogen functional groups attached to an aromatic ring is 1. The maximum atomic E-state index is 14.3. The number of aliphatic imine (C=N–C) groups is 1. The van der Waals surface area contributed by atoms with Crippen molar-refractivity contribution >= 4 is 17.5 Å². The number of isocyanates is 1. The molecule has 0 amide bonds. The van der Waals surface area contributed by atoms with Crippen LogP contribution in [0, 0.1) is 11.6 Å². The van der Waals surface area contributed by atoms with Gasteiger partial charge in [-0.2, -0.15) is 4.99 Å². The van der Waals surface area contributed by atoms with Gasteiger partial charge in [-0.15, -0.1) is 0 Å². The number of aromatic nitrogens is 2. The SMILES string of the molecule is COc1cc(-c2cc(F)c3c(c2N)CCC3)ccn1.COc1cc(-c2cc(F)c3c(c2N=C=O)CCC3)ccn1. The van der Waals surface area contributed by atoms with Crippen LogP contribution in [-0.2, 0) is 30.5 Å². The van der Waals surface area contributed by atoms with Gasteiger partial charge in [0, 0.05) is 41.3 Å². The van der Waals surface area contributed by atoms with Crippen LogP contribution in [0.2, 0.25) is 0 Å². The Balaban J connectivity index is 0.000000162. The third-order valence-corrected chi connectivity index (χ3v) is 7.38. The largest absolute Gasteiger partial charge is 0.481 e. The number of fused-ring (bicyclic) bond motifs is 2. The van der Waals surface area contributed by atoms with Gasteiger partial charge in [-0.1, -0.05) is 0 Å². The fraction of sp³-hybridized carbons (Fsp3) is 0.258. The van der Waals surface area contributed by atoms with Crippen molar-refractivity contribution in [3.63, 3.8) is 0 Å².